The van der Waals surface area contributed by atoms with E-state index in [0.29, 0.717) is 42.4 Å². The molecule has 30 heavy (non-hydrogen) atoms. The smallest absolute Gasteiger partial charge is 0.157 e. The van der Waals surface area contributed by atoms with Crippen molar-refractivity contribution in [3.63, 3.8) is 0 Å². The van der Waals surface area contributed by atoms with Crippen LogP contribution in [0.2, 0.25) is 0 Å². The molecule has 0 spiro atoms. The van der Waals surface area contributed by atoms with Crippen molar-refractivity contribution < 1.29 is 18.6 Å². The van der Waals surface area contributed by atoms with E-state index in [-0.39, 0.29) is 11.4 Å². The normalized spacial score (nSPS) is 19.8. The molecule has 10 heteroatoms. The highest BCUT2D eigenvalue weighted by Gasteiger charge is 2.27. The quantitative estimate of drug-likeness (QED) is 0.585. The molecule has 1 fully saturated rings. The van der Waals surface area contributed by atoms with E-state index in [1.165, 1.54) is 30.0 Å². The molecule has 0 bridgehead atoms. The van der Waals surface area contributed by atoms with Crippen LogP contribution in [-0.2, 0) is 5.60 Å². The largest absolute Gasteiger partial charge is 0.495 e. The summed E-state index contributed by atoms with van der Waals surface area (Å²) in [5.74, 6) is 0.159. The molecule has 1 aliphatic rings. The molecule has 0 amide bonds. The number of rotatable bonds is 5. The summed E-state index contributed by atoms with van der Waals surface area (Å²) >= 11 is 0. The van der Waals surface area contributed by atoms with Gasteiger partial charge < -0.3 is 20.5 Å². The van der Waals surface area contributed by atoms with Gasteiger partial charge in [-0.3, -0.25) is 0 Å². The van der Waals surface area contributed by atoms with Gasteiger partial charge in [0.05, 0.1) is 19.3 Å². The number of hydrogen-bond donors (Lipinski definition) is 3. The minimum atomic E-state index is -1.29. The number of pyridine rings is 1. The van der Waals surface area contributed by atoms with Crippen LogP contribution in [0.1, 0.15) is 26.0 Å². The Bertz CT molecular complexity index is 1070. The summed E-state index contributed by atoms with van der Waals surface area (Å²) in [6.45, 7) is 4.24. The zero-order valence-electron chi connectivity index (χ0n) is 17.0. The number of ether oxygens (including phenoxy) is 1. The van der Waals surface area contributed by atoms with Gasteiger partial charge in [0.2, 0.25) is 0 Å². The fraction of sp³-hybridized carbons (Fsp3) is 0.450. The molecule has 0 radical (unpaired) electrons. The number of imidazole rings is 1. The molecule has 3 N–H and O–H groups in total. The second-order valence-corrected chi connectivity index (χ2v) is 7.82. The van der Waals surface area contributed by atoms with Gasteiger partial charge >= 0.3 is 0 Å². The minimum Gasteiger partial charge on any atom is -0.495 e. The van der Waals surface area contributed by atoms with Crippen LogP contribution in [0.15, 0.2) is 24.4 Å². The van der Waals surface area contributed by atoms with E-state index in [1.54, 1.807) is 19.9 Å². The van der Waals surface area contributed by atoms with E-state index < -0.39 is 23.6 Å². The van der Waals surface area contributed by atoms with Crippen molar-refractivity contribution >= 4 is 11.5 Å². The van der Waals surface area contributed by atoms with Gasteiger partial charge in [-0.1, -0.05) is 0 Å². The van der Waals surface area contributed by atoms with Crippen molar-refractivity contribution in [3.05, 3.63) is 35.9 Å². The predicted octanol–water partition coefficient (Wildman–Crippen LogP) is 2.28. The molecule has 3 aromatic rings. The fourth-order valence-electron chi connectivity index (χ4n) is 3.50. The van der Waals surface area contributed by atoms with Crippen LogP contribution in [0.25, 0.3) is 17.0 Å². The summed E-state index contributed by atoms with van der Waals surface area (Å²) in [4.78, 5) is 8.62. The highest BCUT2D eigenvalue weighted by Crippen LogP contribution is 2.31. The van der Waals surface area contributed by atoms with Gasteiger partial charge in [0.1, 0.15) is 40.4 Å². The lowest BCUT2D eigenvalue weighted by Gasteiger charge is -2.28. The second-order valence-electron chi connectivity index (χ2n) is 7.82. The number of halogens is 2. The standard InChI is InChI=1S/C20H24F2N6O2/c1-20(2,29)19-15(30-3)8-17-24-10-14(28(17)27-19)18-12(22)4-5-16(26-18)25-13-9-23-7-6-11(13)21/h4-5,8,10-11,13,23,29H,6-7,9H2,1-3H3,(H,25,26)/t11-,13-/m1/s1. The van der Waals surface area contributed by atoms with Gasteiger partial charge in [0, 0.05) is 12.6 Å². The molecule has 2 atom stereocenters. The molecule has 0 aliphatic carbocycles. The van der Waals surface area contributed by atoms with Crippen LogP contribution in [0.3, 0.4) is 0 Å². The van der Waals surface area contributed by atoms with Gasteiger partial charge in [-0.2, -0.15) is 5.10 Å². The monoisotopic (exact) mass is 418 g/mol. The molecule has 0 aromatic carbocycles. The van der Waals surface area contributed by atoms with E-state index >= 15 is 0 Å². The Morgan fingerprint density at radius 2 is 2.17 bits per heavy atom. The van der Waals surface area contributed by atoms with Crippen LogP contribution in [0.5, 0.6) is 5.75 Å². The first-order valence-electron chi connectivity index (χ1n) is 9.72. The third-order valence-corrected chi connectivity index (χ3v) is 5.08. The predicted molar refractivity (Wildman–Crippen MR) is 108 cm³/mol. The third kappa shape index (κ3) is 3.80. The van der Waals surface area contributed by atoms with E-state index in [9.17, 15) is 13.9 Å². The number of methoxy groups -OCH3 is 1. The van der Waals surface area contributed by atoms with Gasteiger partial charge in [-0.05, 0) is 38.9 Å². The molecule has 1 saturated heterocycles. The zero-order chi connectivity index (χ0) is 21.5. The van der Waals surface area contributed by atoms with E-state index in [2.05, 4.69) is 25.7 Å². The lowest BCUT2D eigenvalue weighted by atomic mass is 10.0. The summed E-state index contributed by atoms with van der Waals surface area (Å²) in [5.41, 5.74) is -0.278. The van der Waals surface area contributed by atoms with E-state index in [1.807, 2.05) is 0 Å². The molecule has 4 heterocycles. The van der Waals surface area contributed by atoms with E-state index in [4.69, 9.17) is 4.74 Å². The Labute approximate surface area is 172 Å². The lowest BCUT2D eigenvalue weighted by molar-refractivity contribution is 0.0694. The van der Waals surface area contributed by atoms with Crippen LogP contribution >= 0.6 is 0 Å². The summed E-state index contributed by atoms with van der Waals surface area (Å²) in [6, 6.07) is 3.91. The van der Waals surface area contributed by atoms with Crippen LogP contribution in [0, 0.1) is 5.82 Å². The maximum absolute atomic E-state index is 14.7. The van der Waals surface area contributed by atoms with Gasteiger partial charge in [-0.15, -0.1) is 0 Å². The molecule has 1 aliphatic heterocycles. The SMILES string of the molecule is COc1cc2ncc(-c3nc(N[C@@H]4CNCC[C@H]4F)ccc3F)n2nc1C(C)(C)O. The highest BCUT2D eigenvalue weighted by atomic mass is 19.1. The molecule has 8 nitrogen and oxygen atoms in total. The van der Waals surface area contributed by atoms with Crippen molar-refractivity contribution in [3.8, 4) is 17.1 Å². The molecule has 160 valence electrons. The second kappa shape index (κ2) is 7.77. The Morgan fingerprint density at radius 1 is 1.37 bits per heavy atom. The molecule has 4 rings (SSSR count). The third-order valence-electron chi connectivity index (χ3n) is 5.08. The zero-order valence-corrected chi connectivity index (χ0v) is 17.0. The number of anilines is 1. The summed E-state index contributed by atoms with van der Waals surface area (Å²) in [7, 11) is 1.47. The van der Waals surface area contributed by atoms with Crippen molar-refractivity contribution in [1.82, 2.24) is 24.9 Å². The van der Waals surface area contributed by atoms with Crippen LogP contribution < -0.4 is 15.4 Å². The van der Waals surface area contributed by atoms with Crippen LogP contribution in [0.4, 0.5) is 14.6 Å². The van der Waals surface area contributed by atoms with Crippen LogP contribution in [-0.4, -0.2) is 57.1 Å². The topological polar surface area (TPSA) is 96.6 Å². The number of aliphatic hydroxyl groups is 1. The van der Waals surface area contributed by atoms with Gasteiger partial charge in [0.25, 0.3) is 0 Å². The van der Waals surface area contributed by atoms with Crippen molar-refractivity contribution in [2.75, 3.05) is 25.5 Å². The number of aromatic nitrogens is 4. The summed E-state index contributed by atoms with van der Waals surface area (Å²) in [5, 5.41) is 21.0. The van der Waals surface area contributed by atoms with E-state index in [0.717, 1.165) is 0 Å². The fourth-order valence-corrected chi connectivity index (χ4v) is 3.50. The van der Waals surface area contributed by atoms with Crippen molar-refractivity contribution in [2.24, 2.45) is 0 Å². The average molecular weight is 418 g/mol. The summed E-state index contributed by atoms with van der Waals surface area (Å²) in [6.07, 6.45) is 0.844. The van der Waals surface area contributed by atoms with Crippen molar-refractivity contribution in [2.45, 2.75) is 38.1 Å². The lowest BCUT2D eigenvalue weighted by Crippen LogP contribution is -2.46. The maximum atomic E-state index is 14.7. The first-order chi connectivity index (χ1) is 14.3. The highest BCUT2D eigenvalue weighted by molar-refractivity contribution is 5.63. The number of piperidine rings is 1. The number of nitrogens with zero attached hydrogens (tertiary/aromatic N) is 4. The van der Waals surface area contributed by atoms with Gasteiger partial charge in [-0.25, -0.2) is 23.3 Å². The Hall–Kier alpha value is -2.85. The Balaban J connectivity index is 1.76. The van der Waals surface area contributed by atoms with Gasteiger partial charge in [0.15, 0.2) is 11.5 Å². The number of fused-ring (bicyclic) bond motifs is 1. The molecular formula is C20H24F2N6O2. The molecule has 0 unspecified atom stereocenters. The molecule has 0 saturated carbocycles. The maximum Gasteiger partial charge on any atom is 0.157 e. The Kier molecular flexibility index (Phi) is 5.29. The summed E-state index contributed by atoms with van der Waals surface area (Å²) < 4.78 is 35.6. The first kappa shape index (κ1) is 20.4. The van der Waals surface area contributed by atoms with Crippen molar-refractivity contribution in [1.29, 1.82) is 0 Å². The molecular weight excluding hydrogens is 394 g/mol. The first-order valence-corrected chi connectivity index (χ1v) is 9.72. The number of hydrogen-bond acceptors (Lipinski definition) is 7. The Morgan fingerprint density at radius 3 is 2.87 bits per heavy atom. The number of nitrogens with one attached hydrogen (secondary N) is 2. The minimum absolute atomic E-state index is 0.0195. The average Bonchev–Trinajstić information content (AvgIpc) is 3.12. The molecule has 3 aromatic heterocycles. The number of alkyl halides is 1.